The Bertz CT molecular complexity index is 1250. The van der Waals surface area contributed by atoms with E-state index in [1.807, 2.05) is 0 Å². The summed E-state index contributed by atoms with van der Waals surface area (Å²) in [5.41, 5.74) is 0.0851. The summed E-state index contributed by atoms with van der Waals surface area (Å²) in [7, 11) is 1.51. The summed E-state index contributed by atoms with van der Waals surface area (Å²) in [5.74, 6) is -1.23. The average Bonchev–Trinajstić information content (AvgIpc) is 2.91. The van der Waals surface area contributed by atoms with Gasteiger partial charge in [-0.25, -0.2) is 0 Å². The molecular weight excluding hydrogens is 575 g/mol. The summed E-state index contributed by atoms with van der Waals surface area (Å²) in [4.78, 5) is 39.2. The maximum atomic E-state index is 13.2. The number of nitrogens with one attached hydrogen (secondary N) is 5. The highest BCUT2D eigenvalue weighted by Gasteiger charge is 2.28. The molecule has 3 amide bonds. The number of anilines is 1. The molecule has 0 saturated heterocycles. The smallest absolute Gasteiger partial charge is 0.401 e. The van der Waals surface area contributed by atoms with Crippen LogP contribution in [0.2, 0.25) is 5.02 Å². The van der Waals surface area contributed by atoms with Crippen LogP contribution in [0.15, 0.2) is 59.9 Å². The second-order valence-corrected chi connectivity index (χ2v) is 10.5. The quantitative estimate of drug-likeness (QED) is 0.148. The first kappa shape index (κ1) is 34.4. The SMILES string of the molecule is CCOc1ccc(Cl)cc1C(=O)NCC(C)(C)CC(=O)N/C(C(=O)Nc1ccccc1)=C(\CCNCC(F)(F)F)NC. The molecule has 0 fully saturated rings. The van der Waals surface area contributed by atoms with E-state index in [1.165, 1.54) is 13.1 Å². The van der Waals surface area contributed by atoms with Crippen LogP contribution in [0.5, 0.6) is 5.75 Å². The van der Waals surface area contributed by atoms with E-state index in [2.05, 4.69) is 26.6 Å². The molecule has 0 saturated carbocycles. The van der Waals surface area contributed by atoms with Crippen molar-refractivity contribution in [1.82, 2.24) is 21.3 Å². The molecular formula is C29H37ClF3N5O4. The van der Waals surface area contributed by atoms with Gasteiger partial charge < -0.3 is 31.3 Å². The molecule has 2 aromatic rings. The Labute approximate surface area is 248 Å². The predicted molar refractivity (Wildman–Crippen MR) is 156 cm³/mol. The molecule has 2 rings (SSSR count). The third-order valence-corrected chi connectivity index (χ3v) is 6.09. The monoisotopic (exact) mass is 611 g/mol. The third kappa shape index (κ3) is 12.0. The molecule has 5 N–H and O–H groups in total. The van der Waals surface area contributed by atoms with E-state index in [1.54, 1.807) is 63.2 Å². The molecule has 0 spiro atoms. The maximum Gasteiger partial charge on any atom is 0.401 e. The van der Waals surface area contributed by atoms with E-state index < -0.39 is 35.9 Å². The molecule has 42 heavy (non-hydrogen) atoms. The topological polar surface area (TPSA) is 121 Å². The van der Waals surface area contributed by atoms with Crippen LogP contribution in [0, 0.1) is 5.41 Å². The van der Waals surface area contributed by atoms with E-state index in [9.17, 15) is 27.6 Å². The number of ether oxygens (including phenoxy) is 1. The number of rotatable bonds is 15. The fourth-order valence-corrected chi connectivity index (χ4v) is 4.03. The number of halogens is 4. The van der Waals surface area contributed by atoms with Gasteiger partial charge in [0.2, 0.25) is 5.91 Å². The minimum atomic E-state index is -4.39. The predicted octanol–water partition coefficient (Wildman–Crippen LogP) is 4.61. The lowest BCUT2D eigenvalue weighted by Crippen LogP contribution is -2.40. The van der Waals surface area contributed by atoms with Gasteiger partial charge in [-0.1, -0.05) is 43.6 Å². The number of carbonyl (C=O) groups is 3. The fraction of sp³-hybridized carbons (Fsp3) is 0.414. The van der Waals surface area contributed by atoms with E-state index in [0.29, 0.717) is 23.1 Å². The molecule has 0 aliphatic heterocycles. The minimum absolute atomic E-state index is 0.00561. The van der Waals surface area contributed by atoms with Crippen molar-refractivity contribution in [1.29, 1.82) is 0 Å². The van der Waals surface area contributed by atoms with Gasteiger partial charge in [-0.05, 0) is 42.7 Å². The molecule has 0 unspecified atom stereocenters. The van der Waals surface area contributed by atoms with Gasteiger partial charge in [0.1, 0.15) is 11.4 Å². The molecule has 230 valence electrons. The number of hydrogen-bond acceptors (Lipinski definition) is 6. The lowest BCUT2D eigenvalue weighted by molar-refractivity contribution is -0.124. The van der Waals surface area contributed by atoms with Gasteiger partial charge in [0.25, 0.3) is 11.8 Å². The third-order valence-electron chi connectivity index (χ3n) is 5.86. The number of para-hydroxylation sites is 1. The van der Waals surface area contributed by atoms with E-state index in [0.717, 1.165) is 0 Å². The van der Waals surface area contributed by atoms with Crippen LogP contribution in [0.4, 0.5) is 18.9 Å². The molecule has 13 heteroatoms. The zero-order valence-electron chi connectivity index (χ0n) is 24.0. The van der Waals surface area contributed by atoms with Crippen molar-refractivity contribution < 1.29 is 32.3 Å². The van der Waals surface area contributed by atoms with Crippen molar-refractivity contribution in [3.05, 3.63) is 70.5 Å². The average molecular weight is 612 g/mol. The zero-order chi connectivity index (χ0) is 31.3. The number of amides is 3. The van der Waals surface area contributed by atoms with Crippen LogP contribution in [0.25, 0.3) is 0 Å². The van der Waals surface area contributed by atoms with Crippen LogP contribution in [-0.4, -0.2) is 57.2 Å². The van der Waals surface area contributed by atoms with Crippen LogP contribution in [0.1, 0.15) is 44.0 Å². The van der Waals surface area contributed by atoms with Crippen LogP contribution < -0.4 is 31.3 Å². The highest BCUT2D eigenvalue weighted by molar-refractivity contribution is 6.31. The summed E-state index contributed by atoms with van der Waals surface area (Å²) >= 11 is 6.06. The number of benzene rings is 2. The van der Waals surface area contributed by atoms with Crippen LogP contribution in [-0.2, 0) is 9.59 Å². The zero-order valence-corrected chi connectivity index (χ0v) is 24.8. The Morgan fingerprint density at radius 1 is 1.00 bits per heavy atom. The highest BCUT2D eigenvalue weighted by atomic mass is 35.5. The Hall–Kier alpha value is -3.77. The first-order valence-corrected chi connectivity index (χ1v) is 13.7. The molecule has 0 heterocycles. The van der Waals surface area contributed by atoms with E-state index in [-0.39, 0.29) is 42.9 Å². The van der Waals surface area contributed by atoms with Crippen molar-refractivity contribution >= 4 is 35.0 Å². The molecule has 0 aliphatic carbocycles. The molecule has 0 bridgehead atoms. The van der Waals surface area contributed by atoms with Crippen molar-refractivity contribution in [2.24, 2.45) is 5.41 Å². The van der Waals surface area contributed by atoms with Gasteiger partial charge in [0, 0.05) is 49.4 Å². The van der Waals surface area contributed by atoms with E-state index in [4.69, 9.17) is 16.3 Å². The summed E-state index contributed by atoms with van der Waals surface area (Å²) < 4.78 is 43.2. The summed E-state index contributed by atoms with van der Waals surface area (Å²) in [6.45, 7) is 4.49. The standard InChI is InChI=1S/C29H37ClF3N5O4/c1-5-42-23-12-11-19(30)15-21(23)26(40)36-17-28(2,3)16-24(39)38-25(27(41)37-20-9-7-6-8-10-20)22(34-4)13-14-35-18-29(31,32)33/h6-12,15,34-35H,5,13-14,16-18H2,1-4H3,(H,36,40)(H,37,41)(H,38,39)/b25-22+. The van der Waals surface area contributed by atoms with Gasteiger partial charge in [-0.2, -0.15) is 13.2 Å². The second-order valence-electron chi connectivity index (χ2n) is 10.1. The van der Waals surface area contributed by atoms with Crippen molar-refractivity contribution in [3.63, 3.8) is 0 Å². The molecule has 2 aromatic carbocycles. The Morgan fingerprint density at radius 3 is 2.31 bits per heavy atom. The minimum Gasteiger partial charge on any atom is -0.493 e. The van der Waals surface area contributed by atoms with Gasteiger partial charge >= 0.3 is 6.18 Å². The maximum absolute atomic E-state index is 13.2. The lowest BCUT2D eigenvalue weighted by Gasteiger charge is -2.25. The van der Waals surface area contributed by atoms with Gasteiger partial charge in [0.15, 0.2) is 0 Å². The molecule has 0 aromatic heterocycles. The molecule has 0 atom stereocenters. The number of alkyl halides is 3. The van der Waals surface area contributed by atoms with Gasteiger partial charge in [-0.15, -0.1) is 0 Å². The Balaban J connectivity index is 2.15. The number of carbonyl (C=O) groups excluding carboxylic acids is 3. The lowest BCUT2D eigenvalue weighted by atomic mass is 9.88. The normalized spacial score (nSPS) is 12.2. The molecule has 9 nitrogen and oxygen atoms in total. The van der Waals surface area contributed by atoms with E-state index >= 15 is 0 Å². The first-order valence-electron chi connectivity index (χ1n) is 13.3. The van der Waals surface area contributed by atoms with Crippen molar-refractivity contribution in [2.75, 3.05) is 38.6 Å². The molecule has 0 radical (unpaired) electrons. The summed E-state index contributed by atoms with van der Waals surface area (Å²) in [6, 6.07) is 13.2. The van der Waals surface area contributed by atoms with Crippen molar-refractivity contribution in [3.8, 4) is 5.75 Å². The second kappa shape index (κ2) is 16.0. The van der Waals surface area contributed by atoms with Crippen LogP contribution in [0.3, 0.4) is 0 Å². The first-order chi connectivity index (χ1) is 19.7. The fourth-order valence-electron chi connectivity index (χ4n) is 3.86. The largest absolute Gasteiger partial charge is 0.493 e. The number of hydrogen-bond donors (Lipinski definition) is 5. The molecule has 0 aliphatic rings. The van der Waals surface area contributed by atoms with Crippen molar-refractivity contribution in [2.45, 2.75) is 39.8 Å². The summed E-state index contributed by atoms with van der Waals surface area (Å²) in [6.07, 6.45) is -4.47. The summed E-state index contributed by atoms with van der Waals surface area (Å²) in [5, 5.41) is 13.6. The highest BCUT2D eigenvalue weighted by Crippen LogP contribution is 2.24. The Kier molecular flexibility index (Phi) is 13.1. The van der Waals surface area contributed by atoms with Gasteiger partial charge in [-0.3, -0.25) is 14.4 Å². The van der Waals surface area contributed by atoms with Gasteiger partial charge in [0.05, 0.1) is 18.7 Å². The Morgan fingerprint density at radius 2 is 1.69 bits per heavy atom. The van der Waals surface area contributed by atoms with Crippen LogP contribution >= 0.6 is 11.6 Å².